The summed E-state index contributed by atoms with van der Waals surface area (Å²) >= 11 is 0. The summed E-state index contributed by atoms with van der Waals surface area (Å²) in [5, 5.41) is 7.27. The van der Waals surface area contributed by atoms with Crippen LogP contribution in [0.25, 0.3) is 22.3 Å². The zero-order chi connectivity index (χ0) is 30.1. The molecule has 0 amide bonds. The molecule has 15 heteroatoms. The van der Waals surface area contributed by atoms with Crippen molar-refractivity contribution in [3.63, 3.8) is 0 Å². The average molecular weight is 540 g/mol. The van der Waals surface area contributed by atoms with Gasteiger partial charge in [0.15, 0.2) is 11.6 Å². The van der Waals surface area contributed by atoms with Crippen molar-refractivity contribution in [3.8, 4) is 17.1 Å². The Labute approximate surface area is 214 Å². The summed E-state index contributed by atoms with van der Waals surface area (Å²) in [4.78, 5) is 36.4. The van der Waals surface area contributed by atoms with E-state index >= 15 is 0 Å². The van der Waals surface area contributed by atoms with E-state index in [2.05, 4.69) is 30.1 Å². The largest absolute Gasteiger partial charge is 0.494 e. The fourth-order valence-electron chi connectivity index (χ4n) is 3.77. The number of halogens is 5. The number of fused-ring (bicyclic) bond motifs is 1. The normalized spacial score (nSPS) is 14.8. The zero-order valence-electron chi connectivity index (χ0n) is 22.4. The maximum absolute atomic E-state index is 14.9. The van der Waals surface area contributed by atoms with Crippen LogP contribution in [0.4, 0.5) is 27.6 Å². The van der Waals surface area contributed by atoms with E-state index in [1.807, 2.05) is 0 Å². The number of anilines is 1. The second-order valence-corrected chi connectivity index (χ2v) is 8.26. The number of benzene rings is 1. The highest BCUT2D eigenvalue weighted by atomic mass is 19.4. The summed E-state index contributed by atoms with van der Waals surface area (Å²) < 4.78 is 96.3. The van der Waals surface area contributed by atoms with Gasteiger partial charge in [-0.15, -0.1) is 0 Å². The van der Waals surface area contributed by atoms with Crippen molar-refractivity contribution in [2.24, 2.45) is 0 Å². The van der Waals surface area contributed by atoms with Gasteiger partial charge < -0.3 is 10.1 Å². The molecule has 3 heterocycles. The predicted molar refractivity (Wildman–Crippen MR) is 126 cm³/mol. The molecular formula is C23H20F5N7O3. The van der Waals surface area contributed by atoms with E-state index in [1.54, 1.807) is 5.10 Å². The topological polar surface area (TPSA) is 128 Å². The molecule has 0 aliphatic carbocycles. The highest BCUT2D eigenvalue weighted by Crippen LogP contribution is 2.32. The maximum atomic E-state index is 14.9. The van der Waals surface area contributed by atoms with Gasteiger partial charge in [-0.2, -0.15) is 18.3 Å². The highest BCUT2D eigenvalue weighted by Gasteiger charge is 2.37. The summed E-state index contributed by atoms with van der Waals surface area (Å²) in [5.74, 6) is -1.21. The third-order valence-electron chi connectivity index (χ3n) is 5.45. The number of hydrogen-bond acceptors (Lipinski definition) is 8. The van der Waals surface area contributed by atoms with E-state index in [1.165, 1.54) is 13.0 Å². The molecule has 0 aliphatic heterocycles. The van der Waals surface area contributed by atoms with E-state index in [4.69, 9.17) is 4.11 Å². The quantitative estimate of drug-likeness (QED) is 0.326. The van der Waals surface area contributed by atoms with Gasteiger partial charge in [-0.25, -0.2) is 28.8 Å². The fraction of sp³-hybridized carbons (Fsp3) is 0.304. The molecule has 0 bridgehead atoms. The molecule has 4 aromatic rings. The van der Waals surface area contributed by atoms with Gasteiger partial charge in [0.25, 0.3) is 11.1 Å². The highest BCUT2D eigenvalue weighted by molar-refractivity contribution is 5.82. The van der Waals surface area contributed by atoms with Gasteiger partial charge in [0.05, 0.1) is 64.8 Å². The first-order chi connectivity index (χ1) is 19.1. The molecule has 200 valence electrons. The molecule has 10 nitrogen and oxygen atoms in total. The summed E-state index contributed by atoms with van der Waals surface area (Å²) in [6.45, 7) is 0.848. The summed E-state index contributed by atoms with van der Waals surface area (Å²) in [6.07, 6.45) is -3.20. The number of aromatic amines is 1. The standard InChI is InChI=1S/C23H20F5N7O3/c1-11(33-18-8-32-34-21(36)19(18)23(26,27)28)3-12(24)9-35-10-31-17-5-14(16(25)4-15(17)22(35)37)20-29-6-13(38-2)7-30-20/h4-8,10-12H,3,9H2,1-2H3,(H2,33,34,36)/i2D3. The van der Waals surface area contributed by atoms with Crippen molar-refractivity contribution in [3.05, 3.63) is 69.1 Å². The summed E-state index contributed by atoms with van der Waals surface area (Å²) in [7, 11) is -2.73. The minimum atomic E-state index is -4.98. The number of H-pyrrole nitrogens is 1. The molecule has 2 atom stereocenters. The monoisotopic (exact) mass is 540 g/mol. The molecule has 2 N–H and O–H groups in total. The Morgan fingerprint density at radius 2 is 1.92 bits per heavy atom. The fourth-order valence-corrected chi connectivity index (χ4v) is 3.77. The number of rotatable bonds is 8. The number of ether oxygens (including phenoxy) is 1. The smallest absolute Gasteiger partial charge is 0.423 e. The van der Waals surface area contributed by atoms with Gasteiger partial charge in [-0.05, 0) is 19.1 Å². The van der Waals surface area contributed by atoms with Crippen molar-refractivity contribution in [2.45, 2.75) is 38.3 Å². The lowest BCUT2D eigenvalue weighted by molar-refractivity contribution is -0.138. The Hall–Kier alpha value is -4.43. The average Bonchev–Trinajstić information content (AvgIpc) is 2.84. The van der Waals surface area contributed by atoms with E-state index in [9.17, 15) is 31.5 Å². The summed E-state index contributed by atoms with van der Waals surface area (Å²) in [6, 6.07) is 1.17. The second-order valence-electron chi connectivity index (χ2n) is 8.26. The molecule has 3 aromatic heterocycles. The summed E-state index contributed by atoms with van der Waals surface area (Å²) in [5.41, 5.74) is -4.46. The van der Waals surface area contributed by atoms with Crippen LogP contribution in [0.3, 0.4) is 0 Å². The predicted octanol–water partition coefficient (Wildman–Crippen LogP) is 3.33. The molecule has 0 spiro atoms. The molecular weight excluding hydrogens is 517 g/mol. The zero-order valence-corrected chi connectivity index (χ0v) is 19.4. The molecule has 0 radical (unpaired) electrons. The number of nitrogens with one attached hydrogen (secondary N) is 2. The van der Waals surface area contributed by atoms with Crippen LogP contribution in [0.1, 0.15) is 23.0 Å². The molecule has 0 saturated heterocycles. The van der Waals surface area contributed by atoms with Gasteiger partial charge in [0, 0.05) is 12.5 Å². The van der Waals surface area contributed by atoms with Crippen LogP contribution >= 0.6 is 0 Å². The Morgan fingerprint density at radius 3 is 2.61 bits per heavy atom. The van der Waals surface area contributed by atoms with E-state index in [-0.39, 0.29) is 34.5 Å². The van der Waals surface area contributed by atoms with Crippen molar-refractivity contribution < 1.29 is 30.8 Å². The number of aromatic nitrogens is 6. The molecule has 38 heavy (non-hydrogen) atoms. The lowest BCUT2D eigenvalue weighted by Gasteiger charge is -2.20. The van der Waals surface area contributed by atoms with Crippen molar-refractivity contribution in [1.29, 1.82) is 0 Å². The number of alkyl halides is 4. The van der Waals surface area contributed by atoms with Crippen LogP contribution in [0.15, 0.2) is 46.6 Å². The Morgan fingerprint density at radius 1 is 1.18 bits per heavy atom. The molecule has 0 saturated carbocycles. The van der Waals surface area contributed by atoms with Crippen LogP contribution in [-0.2, 0) is 12.7 Å². The van der Waals surface area contributed by atoms with Crippen LogP contribution in [0, 0.1) is 5.82 Å². The molecule has 4 rings (SSSR count). The second kappa shape index (κ2) is 10.5. The first kappa shape index (κ1) is 22.7. The molecule has 2 unspecified atom stereocenters. The van der Waals surface area contributed by atoms with Crippen LogP contribution in [-0.4, -0.2) is 49.0 Å². The molecule has 0 aliphatic rings. The Balaban J connectivity index is 1.50. The van der Waals surface area contributed by atoms with Crippen molar-refractivity contribution >= 4 is 16.6 Å². The van der Waals surface area contributed by atoms with E-state index in [0.717, 1.165) is 35.6 Å². The van der Waals surface area contributed by atoms with Crippen molar-refractivity contribution in [1.82, 2.24) is 29.7 Å². The third kappa shape index (κ3) is 5.60. The van der Waals surface area contributed by atoms with E-state index in [0.29, 0.717) is 0 Å². The first-order valence-corrected chi connectivity index (χ1v) is 10.9. The minimum absolute atomic E-state index is 0.0426. The maximum Gasteiger partial charge on any atom is 0.423 e. The Bertz CT molecular complexity index is 1680. The van der Waals surface area contributed by atoms with Gasteiger partial charge in [-0.1, -0.05) is 0 Å². The lowest BCUT2D eigenvalue weighted by atomic mass is 10.1. The number of hydrogen-bond donors (Lipinski definition) is 2. The van der Waals surface area contributed by atoms with E-state index < -0.39 is 60.2 Å². The molecule has 0 fully saturated rings. The SMILES string of the molecule is [2H]C([2H])([2H])Oc1cnc(-c2cc3ncn(CC(F)CC(C)Nc4cn[nH]c(=O)c4C(F)(F)F)c(=O)c3cc2F)nc1. The Kier molecular flexibility index (Phi) is 6.29. The van der Waals surface area contributed by atoms with Crippen LogP contribution in [0.2, 0.25) is 0 Å². The third-order valence-corrected chi connectivity index (χ3v) is 5.45. The van der Waals surface area contributed by atoms with Gasteiger partial charge in [0.2, 0.25) is 0 Å². The van der Waals surface area contributed by atoms with Gasteiger partial charge >= 0.3 is 6.18 Å². The van der Waals surface area contributed by atoms with Crippen LogP contribution < -0.4 is 21.2 Å². The minimum Gasteiger partial charge on any atom is -0.494 e. The van der Waals surface area contributed by atoms with Crippen LogP contribution in [0.5, 0.6) is 5.75 Å². The lowest BCUT2D eigenvalue weighted by Crippen LogP contribution is -2.30. The number of methoxy groups -OCH3 is 1. The van der Waals surface area contributed by atoms with Crippen molar-refractivity contribution in [2.75, 3.05) is 12.4 Å². The first-order valence-electron chi connectivity index (χ1n) is 12.4. The van der Waals surface area contributed by atoms with Gasteiger partial charge in [0.1, 0.15) is 17.6 Å². The number of nitrogens with zero attached hydrogens (tertiary/aromatic N) is 5. The molecule has 1 aromatic carbocycles. The van der Waals surface area contributed by atoms with Gasteiger partial charge in [-0.3, -0.25) is 14.2 Å².